The third kappa shape index (κ3) is 23.2. The molecule has 0 aliphatic rings. The Labute approximate surface area is 207 Å². The van der Waals surface area contributed by atoms with Crippen LogP contribution in [0.25, 0.3) is 0 Å². The Morgan fingerprint density at radius 1 is 0.441 bits per heavy atom. The van der Waals surface area contributed by atoms with Crippen LogP contribution in [0.5, 0.6) is 0 Å². The van der Waals surface area contributed by atoms with Crippen LogP contribution in [0.15, 0.2) is 12.2 Å². The van der Waals surface area contributed by atoms with Crippen molar-refractivity contribution in [2.45, 2.75) is 142 Å². The lowest BCUT2D eigenvalue weighted by molar-refractivity contribution is -0.159. The average molecular weight is 481 g/mol. The van der Waals surface area contributed by atoms with Crippen LogP contribution < -0.4 is 0 Å². The van der Waals surface area contributed by atoms with Crippen molar-refractivity contribution >= 4 is 23.9 Å². The fourth-order valence-electron chi connectivity index (χ4n) is 3.69. The normalized spacial score (nSPS) is 11.0. The third-order valence-electron chi connectivity index (χ3n) is 5.75. The first-order valence-corrected chi connectivity index (χ1v) is 13.7. The Balaban J connectivity index is 3.72. The lowest BCUT2D eigenvalue weighted by Crippen LogP contribution is -2.12. The highest BCUT2D eigenvalue weighted by atomic mass is 16.6. The summed E-state index contributed by atoms with van der Waals surface area (Å²) in [5.74, 6) is -3.06. The zero-order chi connectivity index (χ0) is 25.3. The molecule has 0 radical (unpaired) electrons. The molecule has 0 unspecified atom stereocenters. The second kappa shape index (κ2) is 24.2. The van der Waals surface area contributed by atoms with Gasteiger partial charge < -0.3 is 9.47 Å². The first-order chi connectivity index (χ1) is 16.5. The van der Waals surface area contributed by atoms with Gasteiger partial charge in [-0.3, -0.25) is 9.59 Å². The maximum Gasteiger partial charge on any atom is 0.338 e. The molecule has 0 aliphatic heterocycles. The van der Waals surface area contributed by atoms with Crippen LogP contribution in [0.3, 0.4) is 0 Å². The Bertz CT molecular complexity index is 531. The van der Waals surface area contributed by atoms with Crippen LogP contribution in [-0.4, -0.2) is 23.9 Å². The van der Waals surface area contributed by atoms with Crippen molar-refractivity contribution in [1.82, 2.24) is 0 Å². The van der Waals surface area contributed by atoms with Crippen molar-refractivity contribution < 1.29 is 28.7 Å². The number of carbonyl (C=O) groups is 4. The number of ether oxygens (including phenoxy) is 2. The van der Waals surface area contributed by atoms with Gasteiger partial charge in [-0.15, -0.1) is 0 Å². The van der Waals surface area contributed by atoms with E-state index in [9.17, 15) is 19.2 Å². The summed E-state index contributed by atoms with van der Waals surface area (Å²) in [5.41, 5.74) is 0. The predicted molar refractivity (Wildman–Crippen MR) is 135 cm³/mol. The standard InChI is InChI=1S/C28H48O6/c1-3-5-7-9-11-13-15-17-19-21-25(29)33-27(31)23-24-28(32)34-26(30)22-20-18-16-14-12-10-8-6-4-2/h23-24H,3-22H2,1-2H3/b24-23-. The van der Waals surface area contributed by atoms with Gasteiger partial charge in [-0.25, -0.2) is 9.59 Å². The largest absolute Gasteiger partial charge is 0.390 e. The molecule has 0 aromatic heterocycles. The molecule has 0 spiro atoms. The lowest BCUT2D eigenvalue weighted by atomic mass is 10.1. The van der Waals surface area contributed by atoms with E-state index in [1.54, 1.807) is 0 Å². The van der Waals surface area contributed by atoms with Crippen LogP contribution in [0.2, 0.25) is 0 Å². The highest BCUT2D eigenvalue weighted by Crippen LogP contribution is 2.12. The molecule has 196 valence electrons. The van der Waals surface area contributed by atoms with Crippen molar-refractivity contribution in [2.75, 3.05) is 0 Å². The molecule has 0 atom stereocenters. The van der Waals surface area contributed by atoms with Gasteiger partial charge in [0.2, 0.25) is 0 Å². The van der Waals surface area contributed by atoms with Gasteiger partial charge >= 0.3 is 23.9 Å². The maximum atomic E-state index is 11.7. The molecule has 0 saturated carbocycles. The van der Waals surface area contributed by atoms with Crippen molar-refractivity contribution in [3.05, 3.63) is 12.2 Å². The molecule has 0 heterocycles. The fraction of sp³-hybridized carbons (Fsp3) is 0.786. The molecule has 0 aromatic carbocycles. The number of carbonyl (C=O) groups excluding carboxylic acids is 4. The summed E-state index contributed by atoms with van der Waals surface area (Å²) in [6, 6.07) is 0. The Hall–Kier alpha value is -1.98. The molecule has 0 aliphatic carbocycles. The molecule has 0 saturated heterocycles. The first kappa shape index (κ1) is 32.0. The molecule has 6 nitrogen and oxygen atoms in total. The van der Waals surface area contributed by atoms with E-state index in [0.717, 1.165) is 37.8 Å². The summed E-state index contributed by atoms with van der Waals surface area (Å²) in [6.07, 6.45) is 22.4. The average Bonchev–Trinajstić information content (AvgIpc) is 2.80. The zero-order valence-electron chi connectivity index (χ0n) is 21.7. The van der Waals surface area contributed by atoms with E-state index in [2.05, 4.69) is 23.3 Å². The fourth-order valence-corrected chi connectivity index (χ4v) is 3.69. The molecule has 34 heavy (non-hydrogen) atoms. The number of hydrogen-bond donors (Lipinski definition) is 0. The van der Waals surface area contributed by atoms with E-state index < -0.39 is 23.9 Å². The summed E-state index contributed by atoms with van der Waals surface area (Å²) < 4.78 is 9.31. The van der Waals surface area contributed by atoms with Gasteiger partial charge in [0.25, 0.3) is 0 Å². The molecular weight excluding hydrogens is 432 g/mol. The minimum atomic E-state index is -0.927. The molecular formula is C28H48O6. The van der Waals surface area contributed by atoms with E-state index in [1.807, 2.05) is 0 Å². The van der Waals surface area contributed by atoms with E-state index in [4.69, 9.17) is 0 Å². The van der Waals surface area contributed by atoms with Crippen molar-refractivity contribution in [1.29, 1.82) is 0 Å². The Kier molecular flexibility index (Phi) is 22.7. The Morgan fingerprint density at radius 2 is 0.706 bits per heavy atom. The number of esters is 4. The monoisotopic (exact) mass is 480 g/mol. The van der Waals surface area contributed by atoms with Gasteiger partial charge in [0.15, 0.2) is 0 Å². The van der Waals surface area contributed by atoms with Gasteiger partial charge in [0, 0.05) is 25.0 Å². The van der Waals surface area contributed by atoms with Crippen LogP contribution in [-0.2, 0) is 28.7 Å². The zero-order valence-corrected chi connectivity index (χ0v) is 21.7. The number of rotatable bonds is 22. The molecule has 0 rings (SSSR count). The molecule has 0 amide bonds. The SMILES string of the molecule is CCCCCCCCCCCC(=O)OC(=O)/C=C\C(=O)OC(=O)CCCCCCCCCCC. The van der Waals surface area contributed by atoms with Crippen molar-refractivity contribution in [2.24, 2.45) is 0 Å². The topological polar surface area (TPSA) is 86.7 Å². The first-order valence-electron chi connectivity index (χ1n) is 13.7. The van der Waals surface area contributed by atoms with Crippen molar-refractivity contribution in [3.63, 3.8) is 0 Å². The van der Waals surface area contributed by atoms with E-state index in [0.29, 0.717) is 12.8 Å². The molecule has 6 heteroatoms. The van der Waals surface area contributed by atoms with Crippen LogP contribution in [0.4, 0.5) is 0 Å². The summed E-state index contributed by atoms with van der Waals surface area (Å²) >= 11 is 0. The third-order valence-corrected chi connectivity index (χ3v) is 5.75. The van der Waals surface area contributed by atoms with Gasteiger partial charge in [-0.05, 0) is 12.8 Å². The minimum Gasteiger partial charge on any atom is -0.390 e. The smallest absolute Gasteiger partial charge is 0.338 e. The summed E-state index contributed by atoms with van der Waals surface area (Å²) in [5, 5.41) is 0. The van der Waals surface area contributed by atoms with E-state index in [-0.39, 0.29) is 12.8 Å². The summed E-state index contributed by atoms with van der Waals surface area (Å²) in [4.78, 5) is 46.7. The van der Waals surface area contributed by atoms with Gasteiger partial charge in [0.05, 0.1) is 0 Å². The minimum absolute atomic E-state index is 0.178. The Morgan fingerprint density at radius 3 is 1.00 bits per heavy atom. The summed E-state index contributed by atoms with van der Waals surface area (Å²) in [6.45, 7) is 4.40. The van der Waals surface area contributed by atoms with Gasteiger partial charge in [0.1, 0.15) is 0 Å². The number of unbranched alkanes of at least 4 members (excludes halogenated alkanes) is 16. The quantitative estimate of drug-likeness (QED) is 0.0689. The summed E-state index contributed by atoms with van der Waals surface area (Å²) in [7, 11) is 0. The van der Waals surface area contributed by atoms with Crippen molar-refractivity contribution in [3.8, 4) is 0 Å². The van der Waals surface area contributed by atoms with E-state index >= 15 is 0 Å². The molecule has 0 N–H and O–H groups in total. The highest BCUT2D eigenvalue weighted by molar-refractivity contribution is 5.98. The molecule has 0 aromatic rings. The van der Waals surface area contributed by atoms with Crippen LogP contribution in [0, 0.1) is 0 Å². The maximum absolute atomic E-state index is 11.7. The van der Waals surface area contributed by atoms with Gasteiger partial charge in [-0.2, -0.15) is 0 Å². The lowest BCUT2D eigenvalue weighted by Gasteiger charge is -2.03. The second-order valence-electron chi connectivity index (χ2n) is 9.08. The molecule has 0 bridgehead atoms. The predicted octanol–water partition coefficient (Wildman–Crippen LogP) is 7.52. The second-order valence-corrected chi connectivity index (χ2v) is 9.08. The van der Waals surface area contributed by atoms with Crippen LogP contribution in [0.1, 0.15) is 142 Å². The van der Waals surface area contributed by atoms with E-state index in [1.165, 1.54) is 77.0 Å². The van der Waals surface area contributed by atoms with Crippen LogP contribution >= 0.6 is 0 Å². The van der Waals surface area contributed by atoms with Gasteiger partial charge in [-0.1, -0.05) is 117 Å². The number of hydrogen-bond acceptors (Lipinski definition) is 6. The highest BCUT2D eigenvalue weighted by Gasteiger charge is 2.10. The molecule has 0 fully saturated rings.